The number of rotatable bonds is 8. The molecule has 150 valence electrons. The molecule has 1 aromatic heterocycles. The molecule has 0 atom stereocenters. The van der Waals surface area contributed by atoms with Crippen molar-refractivity contribution in [3.8, 4) is 10.4 Å². The van der Waals surface area contributed by atoms with Crippen molar-refractivity contribution in [1.29, 1.82) is 0 Å². The van der Waals surface area contributed by atoms with Gasteiger partial charge in [0.05, 0.1) is 12.2 Å². The zero-order valence-electron chi connectivity index (χ0n) is 16.1. The Morgan fingerprint density at radius 3 is 2.38 bits per heavy atom. The number of amides is 1. The summed E-state index contributed by atoms with van der Waals surface area (Å²) in [5.41, 5.74) is 2.26. The lowest BCUT2D eigenvalue weighted by Crippen LogP contribution is -2.31. The summed E-state index contributed by atoms with van der Waals surface area (Å²) in [6.45, 7) is 2.32. The second-order valence-corrected chi connectivity index (χ2v) is 8.19. The monoisotopic (exact) mass is 427 g/mol. The molecule has 0 spiro atoms. The summed E-state index contributed by atoms with van der Waals surface area (Å²) in [6, 6.07) is 18.7. The zero-order chi connectivity index (χ0) is 20.8. The quantitative estimate of drug-likeness (QED) is 0.447. The Morgan fingerprint density at radius 1 is 1.07 bits per heavy atom. The fourth-order valence-electron chi connectivity index (χ4n) is 3.02. The third-order valence-corrected chi connectivity index (χ3v) is 5.97. The Labute approximate surface area is 179 Å². The highest BCUT2D eigenvalue weighted by atomic mass is 35.5. The zero-order valence-corrected chi connectivity index (χ0v) is 17.7. The maximum absolute atomic E-state index is 13.0. The van der Waals surface area contributed by atoms with Crippen molar-refractivity contribution < 1.29 is 14.7 Å². The van der Waals surface area contributed by atoms with Crippen molar-refractivity contribution in [2.75, 3.05) is 4.90 Å². The minimum Gasteiger partial charge on any atom is -0.477 e. The summed E-state index contributed by atoms with van der Waals surface area (Å²) < 4.78 is 0. The molecule has 0 bridgehead atoms. The van der Waals surface area contributed by atoms with E-state index in [0.717, 1.165) is 28.8 Å². The molecule has 1 heterocycles. The number of carbonyl (C=O) groups excluding carboxylic acids is 1. The molecule has 2 aromatic carbocycles. The number of halogens is 1. The van der Waals surface area contributed by atoms with Gasteiger partial charge >= 0.3 is 5.97 Å². The molecule has 6 heteroatoms. The molecule has 3 aromatic rings. The van der Waals surface area contributed by atoms with Crippen molar-refractivity contribution in [2.45, 2.75) is 32.7 Å². The van der Waals surface area contributed by atoms with Crippen LogP contribution >= 0.6 is 22.9 Å². The van der Waals surface area contributed by atoms with E-state index >= 15 is 0 Å². The molecule has 0 unspecified atom stereocenters. The molecule has 0 saturated heterocycles. The van der Waals surface area contributed by atoms with Crippen LogP contribution in [0.2, 0.25) is 5.02 Å². The maximum Gasteiger partial charge on any atom is 0.348 e. The van der Waals surface area contributed by atoms with E-state index in [1.165, 1.54) is 11.3 Å². The van der Waals surface area contributed by atoms with Crippen molar-refractivity contribution in [2.24, 2.45) is 0 Å². The number of carboxylic acids is 1. The predicted octanol–water partition coefficient (Wildman–Crippen LogP) is 6.49. The van der Waals surface area contributed by atoms with Crippen LogP contribution in [0.15, 0.2) is 60.7 Å². The van der Waals surface area contributed by atoms with Gasteiger partial charge in [0, 0.05) is 16.3 Å². The van der Waals surface area contributed by atoms with E-state index < -0.39 is 5.97 Å². The van der Waals surface area contributed by atoms with Crippen LogP contribution in [-0.2, 0) is 11.3 Å². The Hall–Kier alpha value is -2.63. The van der Waals surface area contributed by atoms with Crippen LogP contribution in [0.4, 0.5) is 5.69 Å². The van der Waals surface area contributed by atoms with Crippen LogP contribution in [-0.4, -0.2) is 17.0 Å². The Kier molecular flexibility index (Phi) is 7.07. The fraction of sp³-hybridized carbons (Fsp3) is 0.217. The van der Waals surface area contributed by atoms with Gasteiger partial charge in [-0.3, -0.25) is 4.79 Å². The predicted molar refractivity (Wildman–Crippen MR) is 119 cm³/mol. The highest BCUT2D eigenvalue weighted by Crippen LogP contribution is 2.38. The molecule has 4 nitrogen and oxygen atoms in total. The molecule has 0 fully saturated rings. The minimum atomic E-state index is -1.03. The van der Waals surface area contributed by atoms with Gasteiger partial charge in [0.2, 0.25) is 5.91 Å². The minimum absolute atomic E-state index is 0.0817. The van der Waals surface area contributed by atoms with E-state index in [-0.39, 0.29) is 10.8 Å². The highest BCUT2D eigenvalue weighted by molar-refractivity contribution is 7.18. The summed E-state index contributed by atoms with van der Waals surface area (Å²) in [4.78, 5) is 27.5. The van der Waals surface area contributed by atoms with Gasteiger partial charge < -0.3 is 10.0 Å². The van der Waals surface area contributed by atoms with Crippen LogP contribution in [0.25, 0.3) is 10.4 Å². The second kappa shape index (κ2) is 9.72. The topological polar surface area (TPSA) is 57.6 Å². The maximum atomic E-state index is 13.0. The van der Waals surface area contributed by atoms with Crippen LogP contribution in [0.5, 0.6) is 0 Å². The first-order valence-corrected chi connectivity index (χ1v) is 10.7. The fourth-order valence-corrected chi connectivity index (χ4v) is 4.15. The normalized spacial score (nSPS) is 10.7. The van der Waals surface area contributed by atoms with Gasteiger partial charge in [0.15, 0.2) is 0 Å². The van der Waals surface area contributed by atoms with E-state index in [9.17, 15) is 14.7 Å². The average Bonchev–Trinajstić information content (AvgIpc) is 3.17. The SMILES string of the molecule is CCCCC(=O)N(Cc1ccc(Cl)cc1)c1cc(-c2ccccc2)sc1C(=O)O. The first kappa shape index (κ1) is 21.1. The van der Waals surface area contributed by atoms with Gasteiger partial charge in [-0.25, -0.2) is 4.79 Å². The number of hydrogen-bond acceptors (Lipinski definition) is 3. The number of nitrogens with zero attached hydrogens (tertiary/aromatic N) is 1. The number of aromatic carboxylic acids is 1. The lowest BCUT2D eigenvalue weighted by atomic mass is 10.1. The molecule has 0 aliphatic carbocycles. The molecule has 0 aliphatic rings. The standard InChI is InChI=1S/C23H22ClNO3S/c1-2-3-9-21(26)25(15-16-10-12-18(24)13-11-16)19-14-20(29-22(19)23(27)28)17-7-5-4-6-8-17/h4-8,10-14H,2-3,9,15H2,1H3,(H,27,28). The van der Waals surface area contributed by atoms with Gasteiger partial charge in [-0.2, -0.15) is 0 Å². The van der Waals surface area contributed by atoms with Crippen molar-refractivity contribution in [3.63, 3.8) is 0 Å². The van der Waals surface area contributed by atoms with Crippen molar-refractivity contribution in [1.82, 2.24) is 0 Å². The van der Waals surface area contributed by atoms with Gasteiger partial charge in [-0.15, -0.1) is 11.3 Å². The van der Waals surface area contributed by atoms with Gasteiger partial charge in [0.1, 0.15) is 4.88 Å². The third kappa shape index (κ3) is 5.25. The number of anilines is 1. The first-order chi connectivity index (χ1) is 14.0. The molecule has 29 heavy (non-hydrogen) atoms. The van der Waals surface area contributed by atoms with Crippen LogP contribution in [0, 0.1) is 0 Å². The van der Waals surface area contributed by atoms with E-state index in [1.54, 1.807) is 17.0 Å². The van der Waals surface area contributed by atoms with Gasteiger partial charge in [-0.05, 0) is 35.7 Å². The number of hydrogen-bond donors (Lipinski definition) is 1. The smallest absolute Gasteiger partial charge is 0.348 e. The molecule has 0 radical (unpaired) electrons. The molecule has 0 aliphatic heterocycles. The first-order valence-electron chi connectivity index (χ1n) is 9.47. The summed E-state index contributed by atoms with van der Waals surface area (Å²) in [6.07, 6.45) is 2.03. The molecule has 3 rings (SSSR count). The Bertz CT molecular complexity index is 983. The van der Waals surface area contributed by atoms with Gasteiger partial charge in [-0.1, -0.05) is 67.4 Å². The van der Waals surface area contributed by atoms with Crippen molar-refractivity contribution in [3.05, 3.63) is 76.1 Å². The molecular weight excluding hydrogens is 406 g/mol. The van der Waals surface area contributed by atoms with Gasteiger partial charge in [0.25, 0.3) is 0 Å². The number of thiophene rings is 1. The lowest BCUT2D eigenvalue weighted by molar-refractivity contribution is -0.118. The Morgan fingerprint density at radius 2 is 1.76 bits per heavy atom. The molecule has 1 amide bonds. The average molecular weight is 428 g/mol. The highest BCUT2D eigenvalue weighted by Gasteiger charge is 2.25. The summed E-state index contributed by atoms with van der Waals surface area (Å²) in [5, 5.41) is 10.4. The van der Waals surface area contributed by atoms with Crippen LogP contribution < -0.4 is 4.90 Å². The number of benzene rings is 2. The third-order valence-electron chi connectivity index (χ3n) is 4.56. The number of carbonyl (C=O) groups is 2. The van der Waals surface area contributed by atoms with Crippen LogP contribution in [0.1, 0.15) is 41.4 Å². The summed E-state index contributed by atoms with van der Waals surface area (Å²) in [7, 11) is 0. The van der Waals surface area contributed by atoms with E-state index in [4.69, 9.17) is 11.6 Å². The summed E-state index contributed by atoms with van der Waals surface area (Å²) in [5.74, 6) is -1.11. The lowest BCUT2D eigenvalue weighted by Gasteiger charge is -2.23. The Balaban J connectivity index is 2.03. The molecule has 0 saturated carbocycles. The summed E-state index contributed by atoms with van der Waals surface area (Å²) >= 11 is 7.17. The van der Waals surface area contributed by atoms with E-state index in [2.05, 4.69) is 0 Å². The number of unbranched alkanes of at least 4 members (excludes halogenated alkanes) is 1. The number of carboxylic acid groups (broad SMARTS) is 1. The van der Waals surface area contributed by atoms with Crippen LogP contribution in [0.3, 0.4) is 0 Å². The largest absolute Gasteiger partial charge is 0.477 e. The molecule has 1 N–H and O–H groups in total. The van der Waals surface area contributed by atoms with E-state index in [0.29, 0.717) is 23.7 Å². The van der Waals surface area contributed by atoms with Crippen molar-refractivity contribution >= 4 is 40.5 Å². The second-order valence-electron chi connectivity index (χ2n) is 6.71. The van der Waals surface area contributed by atoms with E-state index in [1.807, 2.05) is 55.5 Å². The molecular formula is C23H22ClNO3S.